The highest BCUT2D eigenvalue weighted by Crippen LogP contribution is 2.44. The van der Waals surface area contributed by atoms with Gasteiger partial charge in [-0.15, -0.1) is 11.3 Å². The maximum absolute atomic E-state index is 15.9. The van der Waals surface area contributed by atoms with Gasteiger partial charge in [0.25, 0.3) is 0 Å². The molecule has 0 unspecified atom stereocenters. The fraction of sp³-hybridized carbons (Fsp3) is 0.250. The molecule has 0 spiro atoms. The van der Waals surface area contributed by atoms with E-state index in [0.717, 1.165) is 5.69 Å². The van der Waals surface area contributed by atoms with Gasteiger partial charge < -0.3 is 18.9 Å². The predicted molar refractivity (Wildman–Crippen MR) is 167 cm³/mol. The van der Waals surface area contributed by atoms with Crippen LogP contribution in [0.2, 0.25) is 0 Å². The van der Waals surface area contributed by atoms with Gasteiger partial charge in [-0.25, -0.2) is 13.8 Å². The van der Waals surface area contributed by atoms with Crippen molar-refractivity contribution in [1.82, 2.24) is 24.2 Å². The van der Waals surface area contributed by atoms with Crippen LogP contribution in [-0.4, -0.2) is 56.5 Å². The predicted octanol–water partition coefficient (Wildman–Crippen LogP) is 5.78. The van der Waals surface area contributed by atoms with Crippen molar-refractivity contribution in [3.8, 4) is 22.6 Å². The third-order valence-corrected chi connectivity index (χ3v) is 8.30. The summed E-state index contributed by atoms with van der Waals surface area (Å²) in [6.45, 7) is 10.5. The summed E-state index contributed by atoms with van der Waals surface area (Å²) < 4.78 is 44.0. The van der Waals surface area contributed by atoms with Gasteiger partial charge in [-0.1, -0.05) is 13.2 Å². The molecule has 1 aliphatic heterocycles. The van der Waals surface area contributed by atoms with Crippen molar-refractivity contribution in [2.24, 2.45) is 7.05 Å². The van der Waals surface area contributed by atoms with E-state index >= 15 is 4.39 Å². The molecule has 0 N–H and O–H groups in total. The number of nitrogens with zero attached hydrogens (tertiary/aromatic N) is 5. The van der Waals surface area contributed by atoms with Crippen molar-refractivity contribution in [3.63, 3.8) is 0 Å². The first-order chi connectivity index (χ1) is 21.2. The number of hydrogen-bond donors (Lipinski definition) is 0. The summed E-state index contributed by atoms with van der Waals surface area (Å²) in [7, 11) is 3.16. The van der Waals surface area contributed by atoms with Gasteiger partial charge in [0.05, 0.1) is 43.0 Å². The number of thiophene rings is 1. The van der Waals surface area contributed by atoms with E-state index in [4.69, 9.17) is 19.6 Å². The van der Waals surface area contributed by atoms with Crippen LogP contribution in [0.4, 0.5) is 8.78 Å². The number of aryl methyl sites for hydroxylation is 1. The Labute approximate surface area is 256 Å². The van der Waals surface area contributed by atoms with Gasteiger partial charge in [0.1, 0.15) is 29.6 Å². The lowest BCUT2D eigenvalue weighted by atomic mass is 9.96. The maximum atomic E-state index is 15.9. The Morgan fingerprint density at radius 3 is 2.75 bits per heavy atom. The largest absolute Gasteiger partial charge is 0.491 e. The number of amides is 1. The smallest absolute Gasteiger partial charge is 0.250 e. The zero-order valence-electron chi connectivity index (χ0n) is 24.5. The molecule has 4 aromatic rings. The number of rotatable bonds is 10. The quantitative estimate of drug-likeness (QED) is 0.0967. The molecule has 1 aliphatic rings. The number of hydrogen-bond acceptors (Lipinski definition) is 7. The number of aromatic nitrogens is 4. The van der Waals surface area contributed by atoms with Crippen LogP contribution >= 0.6 is 11.3 Å². The highest BCUT2D eigenvalue weighted by atomic mass is 32.1. The third kappa shape index (κ3) is 5.78. The summed E-state index contributed by atoms with van der Waals surface area (Å²) in [5.74, 6) is -1.15. The summed E-state index contributed by atoms with van der Waals surface area (Å²) >= 11 is 1.34. The molecule has 5 rings (SSSR count). The second kappa shape index (κ2) is 12.9. The summed E-state index contributed by atoms with van der Waals surface area (Å²) in [5, 5.41) is 7.38. The van der Waals surface area contributed by atoms with Gasteiger partial charge in [-0.3, -0.25) is 14.3 Å². The lowest BCUT2D eigenvalue weighted by Crippen LogP contribution is -2.44. The van der Waals surface area contributed by atoms with Crippen LogP contribution in [0.25, 0.3) is 38.3 Å². The zero-order chi connectivity index (χ0) is 31.5. The fourth-order valence-corrected chi connectivity index (χ4v) is 6.14. The number of allylic oxidation sites excluding steroid dienone is 3. The number of methoxy groups -OCH3 is 1. The molecule has 0 fully saturated rings. The molecule has 12 heteroatoms. The number of halogens is 2. The van der Waals surface area contributed by atoms with Crippen molar-refractivity contribution in [2.75, 3.05) is 20.3 Å². The lowest BCUT2D eigenvalue weighted by molar-refractivity contribution is -0.129. The van der Waals surface area contributed by atoms with Crippen LogP contribution in [0.5, 0.6) is 0 Å². The van der Waals surface area contributed by atoms with Crippen LogP contribution in [0.15, 0.2) is 83.9 Å². The fourth-order valence-electron chi connectivity index (χ4n) is 5.20. The number of pyridine rings is 2. The van der Waals surface area contributed by atoms with Crippen LogP contribution in [0, 0.1) is 0 Å². The first-order valence-electron chi connectivity index (χ1n) is 13.7. The van der Waals surface area contributed by atoms with Crippen molar-refractivity contribution in [2.45, 2.75) is 26.1 Å². The molecule has 9 nitrogen and oxygen atoms in total. The Hall–Kier alpha value is -4.68. The van der Waals surface area contributed by atoms with Gasteiger partial charge in [0, 0.05) is 59.8 Å². The summed E-state index contributed by atoms with van der Waals surface area (Å²) in [4.78, 5) is 31.4. The molecule has 0 saturated carbocycles. The molecule has 228 valence electrons. The van der Waals surface area contributed by atoms with Gasteiger partial charge in [0.2, 0.25) is 11.5 Å². The van der Waals surface area contributed by atoms with Crippen molar-refractivity contribution >= 4 is 32.9 Å². The van der Waals surface area contributed by atoms with Crippen LogP contribution in [0.3, 0.4) is 0 Å². The average Bonchev–Trinajstić information content (AvgIpc) is 3.65. The summed E-state index contributed by atoms with van der Waals surface area (Å²) in [5.41, 5.74) is 2.73. The average molecular weight is 620 g/mol. The molecule has 5 heterocycles. The van der Waals surface area contributed by atoms with Crippen molar-refractivity contribution in [3.05, 3.63) is 101 Å². The Morgan fingerprint density at radius 1 is 1.25 bits per heavy atom. The van der Waals surface area contributed by atoms with Crippen molar-refractivity contribution in [1.29, 1.82) is 0 Å². The van der Waals surface area contributed by atoms with Crippen LogP contribution in [0.1, 0.15) is 18.2 Å². The number of carbonyl (C=O) groups is 1. The molecule has 0 saturated heterocycles. The highest BCUT2D eigenvalue weighted by Gasteiger charge is 2.30. The Balaban J connectivity index is 1.80. The van der Waals surface area contributed by atoms with Crippen LogP contribution < -0.4 is 5.56 Å². The Kier molecular flexibility index (Phi) is 9.02. The van der Waals surface area contributed by atoms with Gasteiger partial charge in [-0.2, -0.15) is 5.10 Å². The zero-order valence-corrected chi connectivity index (χ0v) is 25.4. The van der Waals surface area contributed by atoms with Crippen LogP contribution in [-0.2, 0) is 34.4 Å². The molecular weight excluding hydrogens is 588 g/mol. The minimum absolute atomic E-state index is 0.0365. The normalized spacial score (nSPS) is 15.4. The van der Waals surface area contributed by atoms with E-state index in [-0.39, 0.29) is 54.9 Å². The summed E-state index contributed by atoms with van der Waals surface area (Å²) in [6.07, 6.45) is 3.76. The molecule has 0 bridgehead atoms. The number of fused-ring (bicyclic) bond motifs is 2. The maximum Gasteiger partial charge on any atom is 0.250 e. The monoisotopic (exact) mass is 619 g/mol. The minimum atomic E-state index is -0.914. The highest BCUT2D eigenvalue weighted by molar-refractivity contribution is 7.17. The second-order valence-corrected chi connectivity index (χ2v) is 11.1. The first-order valence-corrected chi connectivity index (χ1v) is 14.6. The lowest BCUT2D eigenvalue weighted by Gasteiger charge is -2.33. The molecule has 1 atom stereocenters. The molecular formula is C32H31F2N5O4S. The van der Waals surface area contributed by atoms with Gasteiger partial charge in [0.15, 0.2) is 0 Å². The topological polar surface area (TPSA) is 91.5 Å². The molecule has 1 amide bonds. The molecule has 0 radical (unpaired) electrons. The second-order valence-electron chi connectivity index (χ2n) is 10.2. The first kappa shape index (κ1) is 30.8. The number of ether oxygens (including phenoxy) is 2. The van der Waals surface area contributed by atoms with Gasteiger partial charge in [-0.05, 0) is 36.6 Å². The Bertz CT molecular complexity index is 1890. The van der Waals surface area contributed by atoms with E-state index < -0.39 is 5.83 Å². The molecule has 44 heavy (non-hydrogen) atoms. The molecule has 0 aliphatic carbocycles. The van der Waals surface area contributed by atoms with E-state index in [9.17, 15) is 14.0 Å². The van der Waals surface area contributed by atoms with E-state index in [0.29, 0.717) is 50.9 Å². The minimum Gasteiger partial charge on any atom is -0.491 e. The van der Waals surface area contributed by atoms with Gasteiger partial charge >= 0.3 is 0 Å². The molecule has 4 aromatic heterocycles. The summed E-state index contributed by atoms with van der Waals surface area (Å²) in [6, 6.07) is 6.65. The van der Waals surface area contributed by atoms with E-state index in [1.165, 1.54) is 35.2 Å². The molecule has 0 aromatic carbocycles. The van der Waals surface area contributed by atoms with E-state index in [2.05, 4.69) is 13.2 Å². The van der Waals surface area contributed by atoms with Crippen molar-refractivity contribution < 1.29 is 23.0 Å². The SMILES string of the molecule is C=CC(=O)N1Cc2cc(-c3nc(-c4ccc(=O)n(C)c4)c4ccsc4c3/C(C(=C)OCCOC)=C(F)/C=C/F)nn2C[C@H]1C. The Morgan fingerprint density at radius 2 is 2.05 bits per heavy atom. The third-order valence-electron chi connectivity index (χ3n) is 7.37. The number of carbonyl (C=O) groups excluding carboxylic acids is 1. The van der Waals surface area contributed by atoms with E-state index in [1.807, 2.05) is 18.4 Å². The standard InChI is InChI=1S/C32H31F2N5O4S/c1-6-26(40)38-18-22-15-25(36-39(22)16-19(38)2)31-29(28(24(34)9-11-33)20(3)43-13-12-42-5)32-23(10-14-44-32)30(35-31)21-7-8-27(41)37(4)17-21/h6-11,14-15,17,19H,1,3,12-13,16,18H2,2,4-5H3/b11-9+,28-24-/t19-/m1/s1. The van der Waals surface area contributed by atoms with E-state index in [1.54, 1.807) is 35.0 Å².